The molecule has 2 aromatic carbocycles. The molecule has 1 amide bonds. The van der Waals surface area contributed by atoms with Gasteiger partial charge in [0.2, 0.25) is 15.9 Å². The fourth-order valence-electron chi connectivity index (χ4n) is 3.00. The van der Waals surface area contributed by atoms with Gasteiger partial charge in [-0.05, 0) is 36.4 Å². The van der Waals surface area contributed by atoms with Gasteiger partial charge in [-0.1, -0.05) is 34.8 Å². The third-order valence-electron chi connectivity index (χ3n) is 4.52. The molecule has 7 nitrogen and oxygen atoms in total. The van der Waals surface area contributed by atoms with Crippen molar-refractivity contribution in [2.75, 3.05) is 50.1 Å². The van der Waals surface area contributed by atoms with E-state index in [1.165, 1.54) is 19.2 Å². The highest BCUT2D eigenvalue weighted by Gasteiger charge is 2.28. The second-order valence-electron chi connectivity index (χ2n) is 6.65. The molecule has 1 fully saturated rings. The lowest BCUT2D eigenvalue weighted by atomic mass is 10.2. The number of carbonyl (C=O) groups is 1. The molecule has 0 radical (unpaired) electrons. The first-order chi connectivity index (χ1) is 14.2. The number of rotatable bonds is 6. The van der Waals surface area contributed by atoms with Crippen LogP contribution in [0.25, 0.3) is 0 Å². The predicted molar refractivity (Wildman–Crippen MR) is 119 cm³/mol. The van der Waals surface area contributed by atoms with Gasteiger partial charge in [-0.3, -0.25) is 4.79 Å². The average molecular weight is 493 g/mol. The number of ether oxygens (including phenoxy) is 1. The molecule has 0 saturated carbocycles. The molecule has 0 spiro atoms. The topological polar surface area (TPSA) is 79.0 Å². The van der Waals surface area contributed by atoms with Crippen LogP contribution in [0.5, 0.6) is 0 Å². The predicted octanol–water partition coefficient (Wildman–Crippen LogP) is 3.74. The van der Waals surface area contributed by atoms with Crippen molar-refractivity contribution >= 4 is 62.1 Å². The van der Waals surface area contributed by atoms with Gasteiger partial charge < -0.3 is 15.0 Å². The molecule has 0 unspecified atom stereocenters. The maximum absolute atomic E-state index is 12.8. The first-order valence-corrected chi connectivity index (χ1v) is 11.6. The maximum atomic E-state index is 12.8. The van der Waals surface area contributed by atoms with Crippen molar-refractivity contribution < 1.29 is 17.9 Å². The molecule has 1 N–H and O–H groups in total. The van der Waals surface area contributed by atoms with E-state index in [2.05, 4.69) is 10.2 Å². The summed E-state index contributed by atoms with van der Waals surface area (Å²) in [5, 5.41) is 2.68. The number of carbonyl (C=O) groups excluding carboxylic acids is 1. The third kappa shape index (κ3) is 5.38. The summed E-state index contributed by atoms with van der Waals surface area (Å²) < 4.78 is 31.8. The molecule has 0 atom stereocenters. The Kier molecular flexibility index (Phi) is 7.49. The summed E-state index contributed by atoms with van der Waals surface area (Å²) in [5.74, 6) is -0.499. The largest absolute Gasteiger partial charge is 0.378 e. The van der Waals surface area contributed by atoms with Gasteiger partial charge in [0.05, 0.1) is 29.8 Å². The SMILES string of the molecule is CN(CC(=O)Nc1ccc(N2CCOCC2)cc1)S(=O)(=O)c1c(Cl)cc(Cl)cc1Cl. The Morgan fingerprint density at radius 1 is 1.10 bits per heavy atom. The Balaban J connectivity index is 1.65. The Bertz CT molecular complexity index is 1000. The Morgan fingerprint density at radius 2 is 1.67 bits per heavy atom. The van der Waals surface area contributed by atoms with Crippen LogP contribution in [0.4, 0.5) is 11.4 Å². The number of morpholine rings is 1. The van der Waals surface area contributed by atoms with E-state index in [0.717, 1.165) is 23.1 Å². The monoisotopic (exact) mass is 491 g/mol. The molecule has 30 heavy (non-hydrogen) atoms. The fourth-order valence-corrected chi connectivity index (χ4v) is 5.61. The number of nitrogens with one attached hydrogen (secondary N) is 1. The number of nitrogens with zero attached hydrogens (tertiary/aromatic N) is 2. The summed E-state index contributed by atoms with van der Waals surface area (Å²) >= 11 is 17.9. The zero-order valence-corrected chi connectivity index (χ0v) is 19.2. The highest BCUT2D eigenvalue weighted by Crippen LogP contribution is 2.34. The minimum absolute atomic E-state index is 0.113. The molecule has 1 aliphatic heterocycles. The molecule has 3 rings (SSSR count). The number of sulfonamides is 1. The molecule has 2 aromatic rings. The highest BCUT2D eigenvalue weighted by molar-refractivity contribution is 7.89. The van der Waals surface area contributed by atoms with E-state index in [-0.39, 0.29) is 20.0 Å². The molecule has 1 saturated heterocycles. The quantitative estimate of drug-likeness (QED) is 0.664. The van der Waals surface area contributed by atoms with E-state index in [9.17, 15) is 13.2 Å². The van der Waals surface area contributed by atoms with Crippen molar-refractivity contribution in [2.24, 2.45) is 0 Å². The summed E-state index contributed by atoms with van der Waals surface area (Å²) in [5.41, 5.74) is 1.59. The van der Waals surface area contributed by atoms with Gasteiger partial charge in [0.1, 0.15) is 4.90 Å². The highest BCUT2D eigenvalue weighted by atomic mass is 35.5. The lowest BCUT2D eigenvalue weighted by molar-refractivity contribution is -0.116. The molecule has 1 heterocycles. The lowest BCUT2D eigenvalue weighted by Gasteiger charge is -2.28. The summed E-state index contributed by atoms with van der Waals surface area (Å²) in [7, 11) is -2.82. The summed E-state index contributed by atoms with van der Waals surface area (Å²) in [6, 6.07) is 9.90. The zero-order valence-electron chi connectivity index (χ0n) is 16.1. The van der Waals surface area contributed by atoms with Gasteiger partial charge in [0.15, 0.2) is 0 Å². The molecular weight excluding hydrogens is 473 g/mol. The first-order valence-electron chi connectivity index (χ1n) is 9.02. The van der Waals surface area contributed by atoms with E-state index in [1.807, 2.05) is 12.1 Å². The van der Waals surface area contributed by atoms with Crippen LogP contribution in [-0.2, 0) is 19.6 Å². The molecular formula is C19H20Cl3N3O4S. The van der Waals surface area contributed by atoms with Gasteiger partial charge >= 0.3 is 0 Å². The van der Waals surface area contributed by atoms with Crippen LogP contribution >= 0.6 is 34.8 Å². The van der Waals surface area contributed by atoms with Crippen molar-refractivity contribution in [1.82, 2.24) is 4.31 Å². The van der Waals surface area contributed by atoms with E-state index in [1.54, 1.807) is 12.1 Å². The van der Waals surface area contributed by atoms with Crippen molar-refractivity contribution in [1.29, 1.82) is 0 Å². The van der Waals surface area contributed by atoms with Crippen molar-refractivity contribution in [3.63, 3.8) is 0 Å². The molecule has 0 bridgehead atoms. The Labute approximate surface area is 190 Å². The van der Waals surface area contributed by atoms with Crippen LogP contribution in [0.2, 0.25) is 15.1 Å². The van der Waals surface area contributed by atoms with Gasteiger partial charge in [-0.25, -0.2) is 8.42 Å². The van der Waals surface area contributed by atoms with Gasteiger partial charge in [-0.15, -0.1) is 0 Å². The number of anilines is 2. The van der Waals surface area contributed by atoms with Crippen molar-refractivity contribution in [3.05, 3.63) is 51.5 Å². The number of halogens is 3. The maximum Gasteiger partial charge on any atom is 0.246 e. The number of amides is 1. The van der Waals surface area contributed by atoms with E-state index < -0.39 is 22.5 Å². The van der Waals surface area contributed by atoms with E-state index in [0.29, 0.717) is 18.9 Å². The first kappa shape index (κ1) is 23.1. The van der Waals surface area contributed by atoms with Crippen LogP contribution in [0, 0.1) is 0 Å². The number of benzene rings is 2. The second-order valence-corrected chi connectivity index (χ2v) is 9.89. The molecule has 162 valence electrons. The van der Waals surface area contributed by atoms with Gasteiger partial charge in [0, 0.05) is 36.5 Å². The van der Waals surface area contributed by atoms with Gasteiger partial charge in [-0.2, -0.15) is 4.31 Å². The van der Waals surface area contributed by atoms with Crippen molar-refractivity contribution in [2.45, 2.75) is 4.90 Å². The van der Waals surface area contributed by atoms with Crippen LogP contribution in [-0.4, -0.2) is 58.5 Å². The Hall–Kier alpha value is -1.55. The molecule has 11 heteroatoms. The van der Waals surface area contributed by atoms with Gasteiger partial charge in [0.25, 0.3) is 0 Å². The van der Waals surface area contributed by atoms with Crippen molar-refractivity contribution in [3.8, 4) is 0 Å². The second kappa shape index (κ2) is 9.72. The smallest absolute Gasteiger partial charge is 0.246 e. The minimum Gasteiger partial charge on any atom is -0.378 e. The minimum atomic E-state index is -4.09. The average Bonchev–Trinajstić information content (AvgIpc) is 2.68. The molecule has 0 aromatic heterocycles. The fraction of sp³-hybridized carbons (Fsp3) is 0.316. The van der Waals surface area contributed by atoms with E-state index >= 15 is 0 Å². The number of likely N-dealkylation sites (N-methyl/N-ethyl adjacent to an activating group) is 1. The number of hydrogen-bond acceptors (Lipinski definition) is 5. The van der Waals surface area contributed by atoms with Crippen LogP contribution in [0.15, 0.2) is 41.3 Å². The summed E-state index contributed by atoms with van der Waals surface area (Å²) in [6.45, 7) is 2.57. The van der Waals surface area contributed by atoms with Crippen LogP contribution in [0.1, 0.15) is 0 Å². The standard InChI is InChI=1S/C19H20Cl3N3O4S/c1-24(30(27,28)19-16(21)10-13(20)11-17(19)22)12-18(26)23-14-2-4-15(5-3-14)25-6-8-29-9-7-25/h2-5,10-11H,6-9,12H2,1H3,(H,23,26). The lowest BCUT2D eigenvalue weighted by Crippen LogP contribution is -2.36. The molecule has 0 aliphatic carbocycles. The van der Waals surface area contributed by atoms with E-state index in [4.69, 9.17) is 39.5 Å². The number of hydrogen-bond donors (Lipinski definition) is 1. The third-order valence-corrected chi connectivity index (χ3v) is 7.47. The van der Waals surface area contributed by atoms with Crippen LogP contribution in [0.3, 0.4) is 0 Å². The normalized spacial score (nSPS) is 14.8. The summed E-state index contributed by atoms with van der Waals surface area (Å²) in [4.78, 5) is 14.3. The van der Waals surface area contributed by atoms with Crippen LogP contribution < -0.4 is 10.2 Å². The zero-order chi connectivity index (χ0) is 21.9. The summed E-state index contributed by atoms with van der Waals surface area (Å²) in [6.07, 6.45) is 0. The molecule has 1 aliphatic rings. The Morgan fingerprint density at radius 3 is 2.23 bits per heavy atom.